The molecule has 3 aliphatic rings. The summed E-state index contributed by atoms with van der Waals surface area (Å²) in [5.41, 5.74) is 0. The lowest BCUT2D eigenvalue weighted by molar-refractivity contribution is -0.0474. The molecule has 3 aliphatic carbocycles. The van der Waals surface area contributed by atoms with Crippen molar-refractivity contribution >= 4 is 0 Å². The monoisotopic (exact) mass is 366 g/mol. The third-order valence-electron chi connectivity index (χ3n) is 8.20. The summed E-state index contributed by atoms with van der Waals surface area (Å²) in [5, 5.41) is 0. The molecule has 0 aliphatic heterocycles. The molecule has 0 bridgehead atoms. The third-order valence-corrected chi connectivity index (χ3v) is 8.20. The molecule has 3 rings (SSSR count). The molecule has 0 radical (unpaired) electrons. The number of unbranched alkanes of at least 4 members (excludes halogenated alkanes) is 1. The van der Waals surface area contributed by atoms with Crippen LogP contribution in [0.15, 0.2) is 0 Å². The van der Waals surface area contributed by atoms with Crippen LogP contribution in [0.4, 0.5) is 4.39 Å². The van der Waals surface area contributed by atoms with E-state index in [1.807, 2.05) is 0 Å². The van der Waals surface area contributed by atoms with Crippen LogP contribution in [0, 0.1) is 29.6 Å². The largest absolute Gasteiger partial charge is 0.375 e. The van der Waals surface area contributed by atoms with Crippen molar-refractivity contribution in [3.8, 4) is 0 Å². The lowest BCUT2D eigenvalue weighted by Crippen LogP contribution is -2.37. The van der Waals surface area contributed by atoms with Gasteiger partial charge in [-0.1, -0.05) is 39.5 Å². The van der Waals surface area contributed by atoms with Crippen LogP contribution >= 0.6 is 0 Å². The van der Waals surface area contributed by atoms with Crippen LogP contribution in [-0.4, -0.2) is 18.9 Å². The van der Waals surface area contributed by atoms with E-state index in [2.05, 4.69) is 13.8 Å². The van der Waals surface area contributed by atoms with E-state index in [9.17, 15) is 4.39 Å². The molecular weight excluding hydrogens is 323 g/mol. The smallest absolute Gasteiger partial charge is 0.126 e. The van der Waals surface area contributed by atoms with Crippen molar-refractivity contribution in [2.75, 3.05) is 6.61 Å². The highest BCUT2D eigenvalue weighted by Crippen LogP contribution is 2.46. The van der Waals surface area contributed by atoms with Crippen molar-refractivity contribution in [1.29, 1.82) is 0 Å². The summed E-state index contributed by atoms with van der Waals surface area (Å²) in [4.78, 5) is 0. The molecule has 3 unspecified atom stereocenters. The number of rotatable bonds is 7. The summed E-state index contributed by atoms with van der Waals surface area (Å²) >= 11 is 0. The zero-order valence-corrected chi connectivity index (χ0v) is 17.4. The molecule has 26 heavy (non-hydrogen) atoms. The first-order valence-electron chi connectivity index (χ1n) is 12.0. The van der Waals surface area contributed by atoms with Crippen molar-refractivity contribution in [1.82, 2.24) is 0 Å². The Bertz CT molecular complexity index is 382. The summed E-state index contributed by atoms with van der Waals surface area (Å²) in [6, 6.07) is 0. The molecule has 3 atom stereocenters. The first kappa shape index (κ1) is 20.6. The summed E-state index contributed by atoms with van der Waals surface area (Å²) in [6.07, 6.45) is 17.2. The molecule has 1 nitrogen and oxygen atoms in total. The maximum atomic E-state index is 14.6. The Labute approximate surface area is 161 Å². The van der Waals surface area contributed by atoms with Crippen LogP contribution in [0.2, 0.25) is 0 Å². The van der Waals surface area contributed by atoms with Gasteiger partial charge in [0.15, 0.2) is 0 Å². The molecule has 152 valence electrons. The van der Waals surface area contributed by atoms with Crippen LogP contribution in [0.1, 0.15) is 104 Å². The van der Waals surface area contributed by atoms with Crippen LogP contribution in [0.3, 0.4) is 0 Å². The first-order chi connectivity index (χ1) is 12.7. The molecule has 3 saturated carbocycles. The maximum Gasteiger partial charge on any atom is 0.126 e. The summed E-state index contributed by atoms with van der Waals surface area (Å²) in [5.74, 6) is 4.44. The number of hydrogen-bond donors (Lipinski definition) is 0. The predicted octanol–water partition coefficient (Wildman–Crippen LogP) is 7.33. The van der Waals surface area contributed by atoms with Crippen molar-refractivity contribution < 1.29 is 9.13 Å². The maximum absolute atomic E-state index is 14.6. The van der Waals surface area contributed by atoms with E-state index in [0.717, 1.165) is 56.0 Å². The van der Waals surface area contributed by atoms with E-state index in [1.54, 1.807) is 0 Å². The van der Waals surface area contributed by atoms with E-state index in [4.69, 9.17) is 4.74 Å². The van der Waals surface area contributed by atoms with Crippen molar-refractivity contribution in [3.63, 3.8) is 0 Å². The Hall–Kier alpha value is -0.110. The van der Waals surface area contributed by atoms with Crippen molar-refractivity contribution in [2.45, 2.75) is 116 Å². The lowest BCUT2D eigenvalue weighted by Gasteiger charge is -2.42. The Balaban J connectivity index is 1.37. The lowest BCUT2D eigenvalue weighted by atomic mass is 9.65. The van der Waals surface area contributed by atoms with E-state index >= 15 is 0 Å². The fourth-order valence-electron chi connectivity index (χ4n) is 6.27. The Morgan fingerprint density at radius 1 is 0.731 bits per heavy atom. The SMILES string of the molecule is CCCCOC1CCC(C2CCC(C3CCC(CC)CC3)CC2)CC1F. The van der Waals surface area contributed by atoms with Gasteiger partial charge in [0, 0.05) is 6.61 Å². The second-order valence-corrected chi connectivity index (χ2v) is 9.72. The molecule has 0 N–H and O–H groups in total. The molecule has 0 amide bonds. The van der Waals surface area contributed by atoms with Gasteiger partial charge in [-0.2, -0.15) is 0 Å². The molecule has 0 spiro atoms. The highest BCUT2D eigenvalue weighted by Gasteiger charge is 2.37. The molecule has 0 aromatic carbocycles. The van der Waals surface area contributed by atoms with Crippen LogP contribution in [0.5, 0.6) is 0 Å². The van der Waals surface area contributed by atoms with Crippen LogP contribution < -0.4 is 0 Å². The quantitative estimate of drug-likeness (QED) is 0.428. The van der Waals surface area contributed by atoms with E-state index in [-0.39, 0.29) is 6.10 Å². The second-order valence-electron chi connectivity index (χ2n) is 9.72. The van der Waals surface area contributed by atoms with Gasteiger partial charge < -0.3 is 4.74 Å². The number of halogens is 1. The normalized spacial score (nSPS) is 41.9. The summed E-state index contributed by atoms with van der Waals surface area (Å²) in [6.45, 7) is 5.27. The third kappa shape index (κ3) is 5.46. The van der Waals surface area contributed by atoms with Crippen molar-refractivity contribution in [3.05, 3.63) is 0 Å². The molecule has 0 aromatic rings. The van der Waals surface area contributed by atoms with Gasteiger partial charge in [0.25, 0.3) is 0 Å². The van der Waals surface area contributed by atoms with Gasteiger partial charge in [0.1, 0.15) is 6.17 Å². The van der Waals surface area contributed by atoms with Gasteiger partial charge in [-0.3, -0.25) is 0 Å². The minimum Gasteiger partial charge on any atom is -0.375 e. The van der Waals surface area contributed by atoms with Gasteiger partial charge in [-0.25, -0.2) is 4.39 Å². The van der Waals surface area contributed by atoms with Crippen LogP contribution in [-0.2, 0) is 4.74 Å². The predicted molar refractivity (Wildman–Crippen MR) is 108 cm³/mol. The fourth-order valence-corrected chi connectivity index (χ4v) is 6.27. The molecule has 0 aromatic heterocycles. The van der Waals surface area contributed by atoms with Gasteiger partial charge in [0.05, 0.1) is 6.10 Å². The average Bonchev–Trinajstić information content (AvgIpc) is 2.69. The molecule has 3 fully saturated rings. The van der Waals surface area contributed by atoms with E-state index in [1.165, 1.54) is 64.2 Å². The Morgan fingerprint density at radius 3 is 1.81 bits per heavy atom. The standard InChI is InChI=1S/C24H43FO/c1-3-5-16-26-24-15-14-22(17-23(24)25)21-12-10-20(11-13-21)19-8-6-18(4-2)7-9-19/h18-24H,3-17H2,1-2H3. The van der Waals surface area contributed by atoms with E-state index < -0.39 is 6.17 Å². The topological polar surface area (TPSA) is 9.23 Å². The Morgan fingerprint density at radius 2 is 1.27 bits per heavy atom. The van der Waals surface area contributed by atoms with Crippen LogP contribution in [0.25, 0.3) is 0 Å². The van der Waals surface area contributed by atoms with Gasteiger partial charge in [0.2, 0.25) is 0 Å². The minimum absolute atomic E-state index is 0.108. The highest BCUT2D eigenvalue weighted by molar-refractivity contribution is 4.88. The van der Waals surface area contributed by atoms with Gasteiger partial charge in [-0.05, 0) is 93.8 Å². The Kier molecular flexibility index (Phi) is 8.28. The molecular formula is C24H43FO. The van der Waals surface area contributed by atoms with Crippen molar-refractivity contribution in [2.24, 2.45) is 29.6 Å². The zero-order chi connectivity index (χ0) is 18.4. The van der Waals surface area contributed by atoms with Gasteiger partial charge >= 0.3 is 0 Å². The zero-order valence-electron chi connectivity index (χ0n) is 17.4. The highest BCUT2D eigenvalue weighted by atomic mass is 19.1. The molecule has 0 heterocycles. The number of ether oxygens (including phenoxy) is 1. The second kappa shape index (κ2) is 10.4. The molecule has 2 heteroatoms. The number of hydrogen-bond acceptors (Lipinski definition) is 1. The average molecular weight is 367 g/mol. The van der Waals surface area contributed by atoms with E-state index in [0.29, 0.717) is 5.92 Å². The summed E-state index contributed by atoms with van der Waals surface area (Å²) in [7, 11) is 0. The first-order valence-corrected chi connectivity index (χ1v) is 12.0. The van der Waals surface area contributed by atoms with Gasteiger partial charge in [-0.15, -0.1) is 0 Å². The molecule has 0 saturated heterocycles. The fraction of sp³-hybridized carbons (Fsp3) is 1.00. The minimum atomic E-state index is -0.715. The number of alkyl halides is 1. The summed E-state index contributed by atoms with van der Waals surface area (Å²) < 4.78 is 20.4.